The summed E-state index contributed by atoms with van der Waals surface area (Å²) in [6, 6.07) is 5.92. The summed E-state index contributed by atoms with van der Waals surface area (Å²) in [5, 5.41) is 14.6. The minimum atomic E-state index is 0.656. The first kappa shape index (κ1) is 12.8. The van der Waals surface area contributed by atoms with E-state index in [2.05, 4.69) is 36.8 Å². The van der Waals surface area contributed by atoms with Crippen molar-refractivity contribution in [3.63, 3.8) is 0 Å². The average Bonchev–Trinajstić information content (AvgIpc) is 2.84. The number of anilines is 1. The third-order valence-electron chi connectivity index (χ3n) is 2.50. The highest BCUT2D eigenvalue weighted by Gasteiger charge is 2.05. The Morgan fingerprint density at radius 1 is 1.44 bits per heavy atom. The van der Waals surface area contributed by atoms with Gasteiger partial charge in [0.25, 0.3) is 0 Å². The molecule has 2 rings (SSSR count). The van der Waals surface area contributed by atoms with Crippen molar-refractivity contribution in [2.45, 2.75) is 20.0 Å². The van der Waals surface area contributed by atoms with Crippen LogP contribution in [0.25, 0.3) is 0 Å². The molecule has 0 amide bonds. The van der Waals surface area contributed by atoms with Crippen LogP contribution in [0.2, 0.25) is 0 Å². The molecule has 0 aliphatic rings. The zero-order valence-electron chi connectivity index (χ0n) is 10.2. The Morgan fingerprint density at radius 2 is 2.28 bits per heavy atom. The SMILES string of the molecule is CCn1nnnc1NCc1ccc(OC)c(Br)c1. The van der Waals surface area contributed by atoms with Gasteiger partial charge in [0.2, 0.25) is 5.95 Å². The lowest BCUT2D eigenvalue weighted by atomic mass is 10.2. The predicted molar refractivity (Wildman–Crippen MR) is 71.5 cm³/mol. The molecular weight excluding hydrogens is 298 g/mol. The largest absolute Gasteiger partial charge is 0.496 e. The fourth-order valence-corrected chi connectivity index (χ4v) is 2.13. The molecule has 6 nitrogen and oxygen atoms in total. The van der Waals surface area contributed by atoms with E-state index >= 15 is 0 Å². The molecule has 0 bridgehead atoms. The Bertz CT molecular complexity index is 528. The van der Waals surface area contributed by atoms with Crippen LogP contribution < -0.4 is 10.1 Å². The van der Waals surface area contributed by atoms with Gasteiger partial charge in [0.15, 0.2) is 0 Å². The van der Waals surface area contributed by atoms with Crippen LogP contribution in [0.4, 0.5) is 5.95 Å². The summed E-state index contributed by atoms with van der Waals surface area (Å²) in [6.45, 7) is 3.39. The van der Waals surface area contributed by atoms with Crippen LogP contribution in [-0.2, 0) is 13.1 Å². The van der Waals surface area contributed by atoms with Gasteiger partial charge in [-0.2, -0.15) is 0 Å². The standard InChI is InChI=1S/C11H14BrN5O/c1-3-17-11(14-15-16-17)13-7-8-4-5-10(18-2)9(12)6-8/h4-6H,3,7H2,1-2H3,(H,13,14,16). The van der Waals surface area contributed by atoms with Gasteiger partial charge in [-0.3, -0.25) is 0 Å². The van der Waals surface area contributed by atoms with Gasteiger partial charge >= 0.3 is 0 Å². The molecule has 0 saturated heterocycles. The number of halogens is 1. The number of methoxy groups -OCH3 is 1. The molecule has 1 aromatic carbocycles. The molecule has 0 fully saturated rings. The number of nitrogens with one attached hydrogen (secondary N) is 1. The third kappa shape index (κ3) is 2.79. The second-order valence-corrected chi connectivity index (χ2v) is 4.50. The molecular formula is C11H14BrN5O. The highest BCUT2D eigenvalue weighted by Crippen LogP contribution is 2.25. The van der Waals surface area contributed by atoms with E-state index in [0.717, 1.165) is 22.3 Å². The molecule has 0 radical (unpaired) electrons. The molecule has 0 unspecified atom stereocenters. The van der Waals surface area contributed by atoms with Gasteiger partial charge in [0.1, 0.15) is 5.75 Å². The number of hydrogen-bond donors (Lipinski definition) is 1. The minimum Gasteiger partial charge on any atom is -0.496 e. The molecule has 0 aliphatic heterocycles. The molecule has 0 aliphatic carbocycles. The van der Waals surface area contributed by atoms with E-state index in [1.165, 1.54) is 0 Å². The number of aryl methyl sites for hydroxylation is 1. The molecule has 96 valence electrons. The summed E-state index contributed by atoms with van der Waals surface area (Å²) in [6.07, 6.45) is 0. The fraction of sp³-hybridized carbons (Fsp3) is 0.364. The minimum absolute atomic E-state index is 0.656. The van der Waals surface area contributed by atoms with Crippen molar-refractivity contribution in [1.29, 1.82) is 0 Å². The monoisotopic (exact) mass is 311 g/mol. The number of aromatic nitrogens is 4. The van der Waals surface area contributed by atoms with Crippen LogP contribution in [0.3, 0.4) is 0 Å². The van der Waals surface area contributed by atoms with Crippen molar-refractivity contribution in [3.05, 3.63) is 28.2 Å². The topological polar surface area (TPSA) is 64.9 Å². The van der Waals surface area contributed by atoms with Crippen molar-refractivity contribution in [2.24, 2.45) is 0 Å². The van der Waals surface area contributed by atoms with Crippen molar-refractivity contribution < 1.29 is 4.74 Å². The van der Waals surface area contributed by atoms with Crippen molar-refractivity contribution in [2.75, 3.05) is 12.4 Å². The molecule has 1 heterocycles. The van der Waals surface area contributed by atoms with E-state index < -0.39 is 0 Å². The molecule has 0 spiro atoms. The maximum atomic E-state index is 5.18. The van der Waals surface area contributed by atoms with E-state index in [-0.39, 0.29) is 0 Å². The van der Waals surface area contributed by atoms with Gasteiger partial charge in [0.05, 0.1) is 11.6 Å². The summed E-state index contributed by atoms with van der Waals surface area (Å²) in [4.78, 5) is 0. The lowest BCUT2D eigenvalue weighted by Gasteiger charge is -2.08. The normalized spacial score (nSPS) is 10.4. The van der Waals surface area contributed by atoms with Gasteiger partial charge in [-0.25, -0.2) is 4.68 Å². The second-order valence-electron chi connectivity index (χ2n) is 3.64. The van der Waals surface area contributed by atoms with Crippen molar-refractivity contribution >= 4 is 21.9 Å². The maximum absolute atomic E-state index is 5.18. The highest BCUT2D eigenvalue weighted by molar-refractivity contribution is 9.10. The number of hydrogen-bond acceptors (Lipinski definition) is 5. The van der Waals surface area contributed by atoms with Gasteiger partial charge < -0.3 is 10.1 Å². The summed E-state index contributed by atoms with van der Waals surface area (Å²) in [5.74, 6) is 1.49. The van der Waals surface area contributed by atoms with E-state index in [0.29, 0.717) is 12.5 Å². The maximum Gasteiger partial charge on any atom is 0.243 e. The first-order valence-corrected chi connectivity index (χ1v) is 6.36. The Balaban J connectivity index is 2.04. The molecule has 2 aromatic rings. The summed E-state index contributed by atoms with van der Waals surface area (Å²) in [7, 11) is 1.65. The van der Waals surface area contributed by atoms with Crippen LogP contribution >= 0.6 is 15.9 Å². The van der Waals surface area contributed by atoms with Crippen LogP contribution in [-0.4, -0.2) is 27.3 Å². The van der Waals surface area contributed by atoms with Crippen LogP contribution in [0, 0.1) is 0 Å². The highest BCUT2D eigenvalue weighted by atomic mass is 79.9. The molecule has 1 N–H and O–H groups in total. The Morgan fingerprint density at radius 3 is 2.94 bits per heavy atom. The number of rotatable bonds is 5. The Hall–Kier alpha value is -1.63. The quantitative estimate of drug-likeness (QED) is 0.916. The van der Waals surface area contributed by atoms with Gasteiger partial charge in [0, 0.05) is 13.1 Å². The van der Waals surface area contributed by atoms with Gasteiger partial charge in [-0.1, -0.05) is 11.2 Å². The van der Waals surface area contributed by atoms with Crippen LogP contribution in [0.1, 0.15) is 12.5 Å². The number of nitrogens with zero attached hydrogens (tertiary/aromatic N) is 4. The average molecular weight is 312 g/mol. The smallest absolute Gasteiger partial charge is 0.243 e. The fourth-order valence-electron chi connectivity index (χ4n) is 1.55. The summed E-state index contributed by atoms with van der Waals surface area (Å²) in [5.41, 5.74) is 1.12. The number of tetrazole rings is 1. The Labute approximate surface area is 113 Å². The molecule has 0 saturated carbocycles. The van der Waals surface area contributed by atoms with E-state index in [1.54, 1.807) is 11.8 Å². The van der Waals surface area contributed by atoms with E-state index in [4.69, 9.17) is 4.74 Å². The third-order valence-corrected chi connectivity index (χ3v) is 3.12. The van der Waals surface area contributed by atoms with E-state index in [9.17, 15) is 0 Å². The second kappa shape index (κ2) is 5.81. The molecule has 0 atom stereocenters. The van der Waals surface area contributed by atoms with Gasteiger partial charge in [-0.15, -0.1) is 0 Å². The predicted octanol–water partition coefficient (Wildman–Crippen LogP) is 2.08. The first-order chi connectivity index (χ1) is 8.74. The number of ether oxygens (including phenoxy) is 1. The zero-order chi connectivity index (χ0) is 13.0. The lowest BCUT2D eigenvalue weighted by Crippen LogP contribution is -2.07. The van der Waals surface area contributed by atoms with Crippen molar-refractivity contribution in [1.82, 2.24) is 20.2 Å². The molecule has 18 heavy (non-hydrogen) atoms. The van der Waals surface area contributed by atoms with Gasteiger partial charge in [-0.05, 0) is 51.0 Å². The summed E-state index contributed by atoms with van der Waals surface area (Å²) >= 11 is 3.46. The van der Waals surface area contributed by atoms with Crippen LogP contribution in [0.15, 0.2) is 22.7 Å². The van der Waals surface area contributed by atoms with Crippen LogP contribution in [0.5, 0.6) is 5.75 Å². The first-order valence-electron chi connectivity index (χ1n) is 5.57. The van der Waals surface area contributed by atoms with Crippen molar-refractivity contribution in [3.8, 4) is 5.75 Å². The number of benzene rings is 1. The lowest BCUT2D eigenvalue weighted by molar-refractivity contribution is 0.412. The van der Waals surface area contributed by atoms with E-state index in [1.807, 2.05) is 25.1 Å². The zero-order valence-corrected chi connectivity index (χ0v) is 11.8. The molecule has 7 heteroatoms. The Kier molecular flexibility index (Phi) is 4.14. The molecule has 1 aromatic heterocycles. The summed E-state index contributed by atoms with van der Waals surface area (Å²) < 4.78 is 7.82.